The molecule has 1 saturated heterocycles. The fourth-order valence-electron chi connectivity index (χ4n) is 3.38. The molecule has 1 aliphatic rings. The molecule has 1 fully saturated rings. The first-order chi connectivity index (χ1) is 15.0. The van der Waals surface area contributed by atoms with Gasteiger partial charge in [-0.2, -0.15) is 0 Å². The minimum absolute atomic E-state index is 0.0637. The first kappa shape index (κ1) is 22.3. The highest BCUT2D eigenvalue weighted by Crippen LogP contribution is 2.19. The Kier molecular flexibility index (Phi) is 7.98. The van der Waals surface area contributed by atoms with E-state index >= 15 is 0 Å². The molecule has 2 aromatic rings. The van der Waals surface area contributed by atoms with Crippen molar-refractivity contribution in [3.8, 4) is 0 Å². The minimum atomic E-state index is -0.377. The van der Waals surface area contributed by atoms with Crippen LogP contribution in [0.5, 0.6) is 0 Å². The van der Waals surface area contributed by atoms with Crippen LogP contribution in [0, 0.1) is 12.8 Å². The van der Waals surface area contributed by atoms with Gasteiger partial charge >= 0.3 is 5.97 Å². The summed E-state index contributed by atoms with van der Waals surface area (Å²) in [6.45, 7) is 3.11. The van der Waals surface area contributed by atoms with E-state index < -0.39 is 0 Å². The molecule has 2 aromatic carbocycles. The van der Waals surface area contributed by atoms with Gasteiger partial charge in [0.25, 0.3) is 5.91 Å². The van der Waals surface area contributed by atoms with Gasteiger partial charge in [0.15, 0.2) is 6.61 Å². The summed E-state index contributed by atoms with van der Waals surface area (Å²) in [4.78, 5) is 38.3. The Bertz CT molecular complexity index is 914. The number of amides is 2. The molecule has 0 aliphatic carbocycles. The molecule has 2 amide bonds. The highest BCUT2D eigenvalue weighted by atomic mass is 16.5. The van der Waals surface area contributed by atoms with Crippen molar-refractivity contribution in [3.63, 3.8) is 0 Å². The molecule has 162 valence electrons. The average molecular weight is 421 g/mol. The quantitative estimate of drug-likeness (QED) is 0.552. The molecular formula is C25H28N2O4. The van der Waals surface area contributed by atoms with E-state index in [0.717, 1.165) is 16.7 Å². The maximum absolute atomic E-state index is 12.3. The van der Waals surface area contributed by atoms with Gasteiger partial charge in [0.2, 0.25) is 5.91 Å². The van der Waals surface area contributed by atoms with Crippen LogP contribution < -0.4 is 5.32 Å². The summed E-state index contributed by atoms with van der Waals surface area (Å²) in [5, 5.41) is 2.75. The molecular weight excluding hydrogens is 392 g/mol. The second kappa shape index (κ2) is 11.1. The molecule has 31 heavy (non-hydrogen) atoms. The van der Waals surface area contributed by atoms with E-state index in [-0.39, 0.29) is 30.3 Å². The van der Waals surface area contributed by atoms with Crippen LogP contribution in [0.3, 0.4) is 0 Å². The van der Waals surface area contributed by atoms with Crippen molar-refractivity contribution in [3.05, 3.63) is 77.4 Å². The van der Waals surface area contributed by atoms with Gasteiger partial charge in [0.1, 0.15) is 0 Å². The standard InChI is InChI=1S/C25H28N2O4/c1-19-7-9-21(10-8-19)17-26-23(28)18-31-25(30)22-13-15-27(16-14-22)24(29)12-11-20-5-3-2-4-6-20/h2-12,22H,13-18H2,1H3,(H,26,28)/b12-11+. The molecule has 0 radical (unpaired) electrons. The van der Waals surface area contributed by atoms with Gasteiger partial charge in [0, 0.05) is 25.7 Å². The fraction of sp³-hybridized carbons (Fsp3) is 0.320. The molecule has 3 rings (SSSR count). The average Bonchev–Trinajstić information content (AvgIpc) is 2.81. The Morgan fingerprint density at radius 3 is 2.39 bits per heavy atom. The van der Waals surface area contributed by atoms with Gasteiger partial charge in [-0.3, -0.25) is 14.4 Å². The van der Waals surface area contributed by atoms with Crippen LogP contribution >= 0.6 is 0 Å². The van der Waals surface area contributed by atoms with Crippen LogP contribution in [-0.4, -0.2) is 42.4 Å². The highest BCUT2D eigenvalue weighted by Gasteiger charge is 2.28. The maximum atomic E-state index is 12.3. The van der Waals surface area contributed by atoms with Crippen molar-refractivity contribution in [1.82, 2.24) is 10.2 Å². The Morgan fingerprint density at radius 1 is 1.03 bits per heavy atom. The second-order valence-corrected chi connectivity index (χ2v) is 7.71. The van der Waals surface area contributed by atoms with Crippen LogP contribution in [-0.2, 0) is 25.7 Å². The van der Waals surface area contributed by atoms with Gasteiger partial charge in [-0.1, -0.05) is 60.2 Å². The molecule has 0 atom stereocenters. The summed E-state index contributed by atoms with van der Waals surface area (Å²) in [5.41, 5.74) is 3.11. The second-order valence-electron chi connectivity index (χ2n) is 7.71. The zero-order valence-corrected chi connectivity index (χ0v) is 17.8. The van der Waals surface area contributed by atoms with Crippen LogP contribution in [0.1, 0.15) is 29.5 Å². The number of ether oxygens (including phenoxy) is 1. The number of benzene rings is 2. The number of piperidine rings is 1. The molecule has 1 aliphatic heterocycles. The van der Waals surface area contributed by atoms with Crippen molar-refractivity contribution >= 4 is 23.9 Å². The van der Waals surface area contributed by atoms with Crippen LogP contribution in [0.25, 0.3) is 6.08 Å². The van der Waals surface area contributed by atoms with E-state index in [2.05, 4.69) is 5.32 Å². The lowest BCUT2D eigenvalue weighted by Gasteiger charge is -2.30. The van der Waals surface area contributed by atoms with Gasteiger partial charge < -0.3 is 15.0 Å². The Morgan fingerprint density at radius 2 is 1.71 bits per heavy atom. The van der Waals surface area contributed by atoms with Crippen LogP contribution in [0.4, 0.5) is 0 Å². The summed E-state index contributed by atoms with van der Waals surface area (Å²) in [5.74, 6) is -1.05. The summed E-state index contributed by atoms with van der Waals surface area (Å²) in [7, 11) is 0. The van der Waals surface area contributed by atoms with E-state index in [9.17, 15) is 14.4 Å². The van der Waals surface area contributed by atoms with Crippen molar-refractivity contribution in [2.24, 2.45) is 5.92 Å². The smallest absolute Gasteiger partial charge is 0.309 e. The summed E-state index contributed by atoms with van der Waals surface area (Å²) in [6.07, 6.45) is 4.42. The first-order valence-corrected chi connectivity index (χ1v) is 10.5. The summed E-state index contributed by atoms with van der Waals surface area (Å²) in [6, 6.07) is 17.5. The molecule has 1 heterocycles. The van der Waals surface area contributed by atoms with E-state index in [1.807, 2.05) is 61.5 Å². The van der Waals surface area contributed by atoms with Gasteiger partial charge in [0.05, 0.1) is 5.92 Å². The zero-order valence-electron chi connectivity index (χ0n) is 17.8. The third-order valence-electron chi connectivity index (χ3n) is 5.31. The summed E-state index contributed by atoms with van der Waals surface area (Å²) >= 11 is 0. The minimum Gasteiger partial charge on any atom is -0.455 e. The van der Waals surface area contributed by atoms with Crippen molar-refractivity contribution in [2.75, 3.05) is 19.7 Å². The topological polar surface area (TPSA) is 75.7 Å². The van der Waals surface area contributed by atoms with Gasteiger partial charge in [-0.25, -0.2) is 0 Å². The molecule has 6 heteroatoms. The van der Waals surface area contributed by atoms with Crippen LogP contribution in [0.2, 0.25) is 0 Å². The number of carbonyl (C=O) groups excluding carboxylic acids is 3. The molecule has 0 saturated carbocycles. The molecule has 1 N–H and O–H groups in total. The maximum Gasteiger partial charge on any atom is 0.309 e. The van der Waals surface area contributed by atoms with E-state index in [1.54, 1.807) is 17.1 Å². The molecule has 0 bridgehead atoms. The Balaban J connectivity index is 1.35. The SMILES string of the molecule is Cc1ccc(CNC(=O)COC(=O)C2CCN(C(=O)/C=C/c3ccccc3)CC2)cc1. The largest absolute Gasteiger partial charge is 0.455 e. The number of aryl methyl sites for hydroxylation is 1. The first-order valence-electron chi connectivity index (χ1n) is 10.5. The van der Waals surface area contributed by atoms with Crippen molar-refractivity contribution in [1.29, 1.82) is 0 Å². The lowest BCUT2D eigenvalue weighted by Crippen LogP contribution is -2.40. The third kappa shape index (κ3) is 7.10. The number of carbonyl (C=O) groups is 3. The summed E-state index contributed by atoms with van der Waals surface area (Å²) < 4.78 is 5.18. The lowest BCUT2D eigenvalue weighted by molar-refractivity contribution is -0.154. The predicted octanol–water partition coefficient (Wildman–Crippen LogP) is 3.11. The van der Waals surface area contributed by atoms with E-state index in [1.165, 1.54) is 0 Å². The number of rotatable bonds is 7. The Hall–Kier alpha value is -3.41. The number of likely N-dealkylation sites (tertiary alicyclic amines) is 1. The number of nitrogens with zero attached hydrogens (tertiary/aromatic N) is 1. The molecule has 0 spiro atoms. The van der Waals surface area contributed by atoms with Gasteiger partial charge in [-0.05, 0) is 37.0 Å². The Labute approximate surface area is 182 Å². The highest BCUT2D eigenvalue weighted by molar-refractivity contribution is 5.92. The number of esters is 1. The fourth-order valence-corrected chi connectivity index (χ4v) is 3.38. The van der Waals surface area contributed by atoms with Gasteiger partial charge in [-0.15, -0.1) is 0 Å². The number of hydrogen-bond donors (Lipinski definition) is 1. The molecule has 0 aromatic heterocycles. The van der Waals surface area contributed by atoms with Crippen molar-refractivity contribution in [2.45, 2.75) is 26.3 Å². The molecule has 6 nitrogen and oxygen atoms in total. The third-order valence-corrected chi connectivity index (χ3v) is 5.31. The zero-order chi connectivity index (χ0) is 22.1. The normalized spacial score (nSPS) is 14.4. The monoisotopic (exact) mass is 420 g/mol. The van der Waals surface area contributed by atoms with E-state index in [0.29, 0.717) is 32.5 Å². The lowest BCUT2D eigenvalue weighted by atomic mass is 9.97. The van der Waals surface area contributed by atoms with Crippen LogP contribution in [0.15, 0.2) is 60.7 Å². The number of hydrogen-bond acceptors (Lipinski definition) is 4. The molecule has 0 unspecified atom stereocenters. The van der Waals surface area contributed by atoms with E-state index in [4.69, 9.17) is 4.74 Å². The number of nitrogens with one attached hydrogen (secondary N) is 1. The predicted molar refractivity (Wildman–Crippen MR) is 119 cm³/mol. The van der Waals surface area contributed by atoms with Crippen molar-refractivity contribution < 1.29 is 19.1 Å².